The van der Waals surface area contributed by atoms with Crippen LogP contribution in [0.4, 0.5) is 15.8 Å². The molecule has 2 aromatic carbocycles. The summed E-state index contributed by atoms with van der Waals surface area (Å²) in [6, 6.07) is 12.9. The number of carbonyl (C=O) groups excluding carboxylic acids is 1. The molecule has 1 unspecified atom stereocenters. The molecule has 1 N–H and O–H groups in total. The largest absolute Gasteiger partial charge is 0.369 e. The lowest BCUT2D eigenvalue weighted by Crippen LogP contribution is -2.46. The van der Waals surface area contributed by atoms with Crippen molar-refractivity contribution in [3.05, 3.63) is 58.9 Å². The van der Waals surface area contributed by atoms with Gasteiger partial charge >= 0.3 is 0 Å². The van der Waals surface area contributed by atoms with Crippen molar-refractivity contribution in [3.63, 3.8) is 0 Å². The second-order valence-electron chi connectivity index (χ2n) is 7.55. The van der Waals surface area contributed by atoms with Crippen molar-refractivity contribution in [2.75, 3.05) is 42.9 Å². The van der Waals surface area contributed by atoms with Crippen LogP contribution in [-0.4, -0.2) is 43.5 Å². The van der Waals surface area contributed by atoms with E-state index in [2.05, 4.69) is 21.2 Å². The molecule has 0 aromatic heterocycles. The molecule has 1 saturated heterocycles. The van der Waals surface area contributed by atoms with Crippen molar-refractivity contribution in [1.82, 2.24) is 4.90 Å². The summed E-state index contributed by atoms with van der Waals surface area (Å²) in [4.78, 5) is 16.9. The molecule has 4 rings (SSSR count). The van der Waals surface area contributed by atoms with Crippen molar-refractivity contribution in [1.29, 1.82) is 0 Å². The Morgan fingerprint density at radius 2 is 1.86 bits per heavy atom. The number of nitrogens with zero attached hydrogens (tertiary/aromatic N) is 2. The number of hydrogen-bond donors (Lipinski definition) is 1. The minimum absolute atomic E-state index is 0.00345. The number of halogens is 2. The molecule has 0 spiro atoms. The lowest BCUT2D eigenvalue weighted by Gasteiger charge is -2.36. The van der Waals surface area contributed by atoms with Gasteiger partial charge in [0.1, 0.15) is 5.82 Å². The van der Waals surface area contributed by atoms with Crippen LogP contribution >= 0.6 is 11.6 Å². The number of rotatable bonds is 6. The fraction of sp³-hybridized carbons (Fsp3) is 0.409. The summed E-state index contributed by atoms with van der Waals surface area (Å²) in [7, 11) is 0. The third-order valence-corrected chi connectivity index (χ3v) is 6.06. The third-order valence-electron chi connectivity index (χ3n) is 5.77. The van der Waals surface area contributed by atoms with Crippen molar-refractivity contribution in [2.45, 2.75) is 25.2 Å². The number of para-hydroxylation sites is 1. The molecule has 0 bridgehead atoms. The van der Waals surface area contributed by atoms with Gasteiger partial charge in [0.05, 0.1) is 10.9 Å². The zero-order chi connectivity index (χ0) is 19.5. The molecule has 0 saturated carbocycles. The van der Waals surface area contributed by atoms with Gasteiger partial charge in [0.25, 0.3) is 0 Å². The second-order valence-corrected chi connectivity index (χ2v) is 7.96. The fourth-order valence-corrected chi connectivity index (χ4v) is 4.33. The minimum atomic E-state index is -0.373. The molecule has 2 aromatic rings. The number of amides is 1. The van der Waals surface area contributed by atoms with Crippen LogP contribution in [-0.2, 0) is 4.79 Å². The maximum Gasteiger partial charge on any atom is 0.232 e. The van der Waals surface area contributed by atoms with Gasteiger partial charge in [-0.1, -0.05) is 36.2 Å². The van der Waals surface area contributed by atoms with Crippen LogP contribution in [0.15, 0.2) is 42.5 Å². The molecule has 28 heavy (non-hydrogen) atoms. The lowest BCUT2D eigenvalue weighted by atomic mass is 9.95. The molecule has 4 nitrogen and oxygen atoms in total. The van der Waals surface area contributed by atoms with Crippen molar-refractivity contribution in [2.24, 2.45) is 0 Å². The fourth-order valence-electron chi connectivity index (χ4n) is 4.16. The summed E-state index contributed by atoms with van der Waals surface area (Å²) in [5, 5.41) is 3.16. The van der Waals surface area contributed by atoms with Crippen LogP contribution < -0.4 is 10.2 Å². The molecule has 1 fully saturated rings. The highest BCUT2D eigenvalue weighted by Crippen LogP contribution is 2.35. The Kier molecular flexibility index (Phi) is 5.83. The number of anilines is 2. The van der Waals surface area contributed by atoms with E-state index in [1.54, 1.807) is 12.1 Å². The molecular weight excluding hydrogens is 377 g/mol. The van der Waals surface area contributed by atoms with Crippen molar-refractivity contribution < 1.29 is 9.18 Å². The van der Waals surface area contributed by atoms with E-state index in [9.17, 15) is 9.18 Å². The maximum absolute atomic E-state index is 13.3. The number of nitrogens with one attached hydrogen (secondary N) is 1. The predicted molar refractivity (Wildman–Crippen MR) is 112 cm³/mol. The molecule has 6 heteroatoms. The Labute approximate surface area is 170 Å². The molecule has 148 valence electrons. The Balaban J connectivity index is 1.20. The van der Waals surface area contributed by atoms with Gasteiger partial charge in [-0.15, -0.1) is 0 Å². The zero-order valence-electron chi connectivity index (χ0n) is 15.8. The van der Waals surface area contributed by atoms with Gasteiger partial charge in [-0.25, -0.2) is 4.39 Å². The lowest BCUT2D eigenvalue weighted by molar-refractivity contribution is -0.117. The van der Waals surface area contributed by atoms with Crippen LogP contribution in [0, 0.1) is 5.82 Å². The van der Waals surface area contributed by atoms with E-state index in [1.165, 1.54) is 6.07 Å². The average Bonchev–Trinajstić information content (AvgIpc) is 3.03. The summed E-state index contributed by atoms with van der Waals surface area (Å²) in [5.74, 6) is -0.244. The highest BCUT2D eigenvalue weighted by atomic mass is 35.5. The van der Waals surface area contributed by atoms with E-state index in [1.807, 2.05) is 18.2 Å². The van der Waals surface area contributed by atoms with Gasteiger partial charge in [-0.05, 0) is 49.2 Å². The molecule has 0 radical (unpaired) electrons. The van der Waals surface area contributed by atoms with Crippen LogP contribution in [0.1, 0.15) is 30.7 Å². The number of piperazine rings is 1. The first-order valence-electron chi connectivity index (χ1n) is 9.94. The topological polar surface area (TPSA) is 35.6 Å². The molecule has 2 aliphatic heterocycles. The van der Waals surface area contributed by atoms with E-state index < -0.39 is 0 Å². The molecule has 0 aliphatic carbocycles. The summed E-state index contributed by atoms with van der Waals surface area (Å²) < 4.78 is 13.3. The van der Waals surface area contributed by atoms with E-state index in [4.69, 9.17) is 11.6 Å². The van der Waals surface area contributed by atoms with Crippen LogP contribution in [0.2, 0.25) is 5.02 Å². The summed E-state index contributed by atoms with van der Waals surface area (Å²) in [6.07, 6.45) is 3.03. The maximum atomic E-state index is 13.3. The average molecular weight is 402 g/mol. The molecular formula is C22H25ClFN3O. The molecule has 2 heterocycles. The smallest absolute Gasteiger partial charge is 0.232 e. The first-order valence-corrected chi connectivity index (χ1v) is 10.3. The van der Waals surface area contributed by atoms with E-state index in [0.717, 1.165) is 68.9 Å². The monoisotopic (exact) mass is 401 g/mol. The van der Waals surface area contributed by atoms with Gasteiger partial charge in [0.15, 0.2) is 0 Å². The zero-order valence-corrected chi connectivity index (χ0v) is 16.6. The predicted octanol–water partition coefficient (Wildman–Crippen LogP) is 4.51. The van der Waals surface area contributed by atoms with Gasteiger partial charge in [-0.3, -0.25) is 9.69 Å². The van der Waals surface area contributed by atoms with E-state index in [-0.39, 0.29) is 22.7 Å². The van der Waals surface area contributed by atoms with Gasteiger partial charge in [0, 0.05) is 37.6 Å². The second kappa shape index (κ2) is 8.50. The standard InChI is InChI=1S/C22H25ClFN3O/c23-19-15-16(8-9-20(19)24)27-13-11-26(12-14-27)10-4-3-6-18-17-5-1-2-7-21(17)25-22(18)28/h1-2,5,7-9,15,18H,3-4,6,10-14H2,(H,25,28). The highest BCUT2D eigenvalue weighted by Gasteiger charge is 2.29. The molecule has 1 amide bonds. The van der Waals surface area contributed by atoms with Gasteiger partial charge < -0.3 is 10.2 Å². The first-order chi connectivity index (χ1) is 13.6. The number of carbonyl (C=O) groups is 1. The summed E-state index contributed by atoms with van der Waals surface area (Å²) in [6.45, 7) is 4.86. The Hall–Kier alpha value is -2.11. The minimum Gasteiger partial charge on any atom is -0.369 e. The van der Waals surface area contributed by atoms with Crippen LogP contribution in [0.3, 0.4) is 0 Å². The summed E-state index contributed by atoms with van der Waals surface area (Å²) in [5.41, 5.74) is 3.09. The van der Waals surface area contributed by atoms with Crippen molar-refractivity contribution >= 4 is 28.9 Å². The number of hydrogen-bond acceptors (Lipinski definition) is 3. The Bertz CT molecular complexity index is 851. The number of unbranched alkanes of at least 4 members (excludes halogenated alkanes) is 1. The van der Waals surface area contributed by atoms with Crippen molar-refractivity contribution in [3.8, 4) is 0 Å². The summed E-state index contributed by atoms with van der Waals surface area (Å²) >= 11 is 5.90. The normalized spacial score (nSPS) is 19.6. The highest BCUT2D eigenvalue weighted by molar-refractivity contribution is 6.31. The number of benzene rings is 2. The SMILES string of the molecule is O=C1Nc2ccccc2C1CCCCN1CCN(c2ccc(F)c(Cl)c2)CC1. The first kappa shape index (κ1) is 19.2. The quantitative estimate of drug-likeness (QED) is 0.723. The number of fused-ring (bicyclic) bond motifs is 1. The third kappa shape index (κ3) is 4.15. The Morgan fingerprint density at radius 3 is 2.64 bits per heavy atom. The van der Waals surface area contributed by atoms with Gasteiger partial charge in [0.2, 0.25) is 5.91 Å². The molecule has 1 atom stereocenters. The van der Waals surface area contributed by atoms with Crippen LogP contribution in [0.5, 0.6) is 0 Å². The molecule has 2 aliphatic rings. The van der Waals surface area contributed by atoms with Gasteiger partial charge in [-0.2, -0.15) is 0 Å². The van der Waals surface area contributed by atoms with E-state index >= 15 is 0 Å². The van der Waals surface area contributed by atoms with Crippen LogP contribution in [0.25, 0.3) is 0 Å². The van der Waals surface area contributed by atoms with E-state index in [0.29, 0.717) is 0 Å². The Morgan fingerprint density at radius 1 is 1.07 bits per heavy atom.